The third-order valence-electron chi connectivity index (χ3n) is 8.66. The molecule has 0 radical (unpaired) electrons. The molecule has 3 heterocycles. The predicted octanol–water partition coefficient (Wildman–Crippen LogP) is 13.8. The van der Waals surface area contributed by atoms with E-state index in [1.807, 2.05) is 0 Å². The lowest BCUT2D eigenvalue weighted by molar-refractivity contribution is 0.481. The molecular formula is C36H50ClFN2S3. The van der Waals surface area contributed by atoms with Gasteiger partial charge in [0.25, 0.3) is 0 Å². The molecule has 2 nitrogen and oxygen atoms in total. The molecule has 0 fully saturated rings. The Labute approximate surface area is 276 Å². The number of hydrogen-bond acceptors (Lipinski definition) is 5. The maximum atomic E-state index is 16.1. The molecule has 0 saturated heterocycles. The molecule has 0 bridgehead atoms. The van der Waals surface area contributed by atoms with Crippen LogP contribution in [0.25, 0.3) is 31.9 Å². The second kappa shape index (κ2) is 18.0. The summed E-state index contributed by atoms with van der Waals surface area (Å²) in [5.74, 6) is 0.870. The van der Waals surface area contributed by atoms with Crippen molar-refractivity contribution in [3.63, 3.8) is 0 Å². The first-order valence-corrected chi connectivity index (χ1v) is 19.6. The molecular weight excluding hydrogens is 611 g/mol. The van der Waals surface area contributed by atoms with Gasteiger partial charge in [-0.15, -0.1) is 22.7 Å². The van der Waals surface area contributed by atoms with Crippen LogP contribution in [0, 0.1) is 17.7 Å². The van der Waals surface area contributed by atoms with Crippen LogP contribution in [0.1, 0.15) is 129 Å². The van der Waals surface area contributed by atoms with Gasteiger partial charge in [0.05, 0.1) is 22.3 Å². The van der Waals surface area contributed by atoms with E-state index in [-0.39, 0.29) is 10.8 Å². The predicted molar refractivity (Wildman–Crippen MR) is 191 cm³/mol. The second-order valence-corrected chi connectivity index (χ2v) is 15.4. The number of unbranched alkanes of at least 4 members (excludes halogenated alkanes) is 10. The van der Waals surface area contributed by atoms with Gasteiger partial charge in [0.2, 0.25) is 0 Å². The minimum Gasteiger partial charge on any atom is -0.205 e. The second-order valence-electron chi connectivity index (χ2n) is 12.7. The van der Waals surface area contributed by atoms with Gasteiger partial charge in [-0.1, -0.05) is 129 Å². The number of rotatable bonds is 20. The zero-order valence-electron chi connectivity index (χ0n) is 26.7. The van der Waals surface area contributed by atoms with E-state index < -0.39 is 0 Å². The van der Waals surface area contributed by atoms with E-state index in [4.69, 9.17) is 11.6 Å². The Bertz CT molecular complexity index is 1290. The summed E-state index contributed by atoms with van der Waals surface area (Å²) in [5.41, 5.74) is 5.10. The van der Waals surface area contributed by atoms with Crippen LogP contribution in [0.4, 0.5) is 4.39 Å². The van der Waals surface area contributed by atoms with Crippen molar-refractivity contribution in [3.05, 3.63) is 44.9 Å². The van der Waals surface area contributed by atoms with Crippen molar-refractivity contribution < 1.29 is 4.39 Å². The van der Waals surface area contributed by atoms with Gasteiger partial charge in [-0.25, -0.2) is 4.39 Å². The van der Waals surface area contributed by atoms with Gasteiger partial charge in [0.1, 0.15) is 11.0 Å². The Hall–Kier alpha value is -1.34. The first-order valence-electron chi connectivity index (χ1n) is 16.7. The number of halogens is 2. The van der Waals surface area contributed by atoms with Crippen molar-refractivity contribution in [2.24, 2.45) is 11.8 Å². The Balaban J connectivity index is 1.42. The van der Waals surface area contributed by atoms with Gasteiger partial charge in [0.15, 0.2) is 5.82 Å². The van der Waals surface area contributed by atoms with E-state index >= 15 is 4.39 Å². The topological polar surface area (TPSA) is 25.8 Å². The Morgan fingerprint density at radius 1 is 0.674 bits per heavy atom. The minimum absolute atomic E-state index is 0.162. The molecule has 4 aromatic rings. The van der Waals surface area contributed by atoms with Crippen LogP contribution in [-0.4, -0.2) is 8.75 Å². The standard InChI is InChI=1S/C36H50ClFN2S3/c1-5-7-9-11-13-15-17-25(3)19-27-21-29(41-23-27)31-33(37)34(38)32(36-35(31)39-43-40-36)30-22-28(24-42-30)20-26(4)18-16-14-12-10-8-6-2/h21-26H,5-20H2,1-4H3. The average molecular weight is 661 g/mol. The van der Waals surface area contributed by atoms with Crippen molar-refractivity contribution in [3.8, 4) is 20.9 Å². The highest BCUT2D eigenvalue weighted by Gasteiger charge is 2.25. The van der Waals surface area contributed by atoms with Crippen LogP contribution in [0.3, 0.4) is 0 Å². The molecule has 236 valence electrons. The molecule has 43 heavy (non-hydrogen) atoms. The monoisotopic (exact) mass is 660 g/mol. The third kappa shape index (κ3) is 9.82. The quantitative estimate of drug-likeness (QED) is 0.0881. The zero-order valence-corrected chi connectivity index (χ0v) is 29.9. The summed E-state index contributed by atoms with van der Waals surface area (Å²) in [6.07, 6.45) is 20.5. The highest BCUT2D eigenvalue weighted by molar-refractivity contribution is 7.14. The van der Waals surface area contributed by atoms with Crippen LogP contribution in [0.2, 0.25) is 5.02 Å². The number of thiophene rings is 2. The average Bonchev–Trinajstić information content (AvgIpc) is 3.76. The molecule has 1 aromatic carbocycles. The van der Waals surface area contributed by atoms with Crippen LogP contribution in [0.5, 0.6) is 0 Å². The largest absolute Gasteiger partial charge is 0.205 e. The van der Waals surface area contributed by atoms with E-state index in [9.17, 15) is 0 Å². The van der Waals surface area contributed by atoms with Crippen LogP contribution < -0.4 is 0 Å². The summed E-state index contributed by atoms with van der Waals surface area (Å²) in [6, 6.07) is 4.33. The van der Waals surface area contributed by atoms with Gasteiger partial charge >= 0.3 is 0 Å². The van der Waals surface area contributed by atoms with E-state index in [1.165, 1.54) is 101 Å². The summed E-state index contributed by atoms with van der Waals surface area (Å²) in [7, 11) is 0. The Morgan fingerprint density at radius 2 is 1.12 bits per heavy atom. The first-order chi connectivity index (χ1) is 20.9. The molecule has 0 spiro atoms. The van der Waals surface area contributed by atoms with Crippen LogP contribution in [-0.2, 0) is 12.8 Å². The van der Waals surface area contributed by atoms with Crippen molar-refractivity contribution in [2.75, 3.05) is 0 Å². The molecule has 4 rings (SSSR count). The summed E-state index contributed by atoms with van der Waals surface area (Å²) in [5, 5.41) is 4.55. The van der Waals surface area contributed by atoms with Crippen molar-refractivity contribution in [1.82, 2.24) is 8.75 Å². The fraction of sp³-hybridized carbons (Fsp3) is 0.611. The molecule has 0 aliphatic rings. The van der Waals surface area contributed by atoms with E-state index in [2.05, 4.69) is 59.3 Å². The molecule has 0 aliphatic carbocycles. The maximum absolute atomic E-state index is 16.1. The fourth-order valence-electron chi connectivity index (χ4n) is 6.18. The lowest BCUT2D eigenvalue weighted by Crippen LogP contribution is -1.99. The molecule has 0 aliphatic heterocycles. The molecule has 2 atom stereocenters. The molecule has 0 saturated carbocycles. The molecule has 2 unspecified atom stereocenters. The zero-order chi connectivity index (χ0) is 30.6. The SMILES string of the molecule is CCCCCCCCC(C)Cc1csc(-c2c(F)c(Cl)c(-c3cc(CC(C)CCCCCCCC)cs3)c3nsnc23)c1. The van der Waals surface area contributed by atoms with E-state index in [0.29, 0.717) is 34.0 Å². The van der Waals surface area contributed by atoms with E-state index in [1.54, 1.807) is 22.7 Å². The molecule has 7 heteroatoms. The highest BCUT2D eigenvalue weighted by atomic mass is 35.5. The first kappa shape index (κ1) is 34.5. The Morgan fingerprint density at radius 3 is 1.63 bits per heavy atom. The normalized spacial score (nSPS) is 13.3. The van der Waals surface area contributed by atoms with Gasteiger partial charge in [-0.3, -0.25) is 0 Å². The molecule has 0 N–H and O–H groups in total. The van der Waals surface area contributed by atoms with E-state index in [0.717, 1.165) is 34.3 Å². The fourth-order valence-corrected chi connectivity index (χ4v) is 9.02. The smallest absolute Gasteiger partial charge is 0.153 e. The van der Waals surface area contributed by atoms with Gasteiger partial charge in [0, 0.05) is 15.3 Å². The van der Waals surface area contributed by atoms with Crippen LogP contribution >= 0.6 is 46.0 Å². The molecule has 3 aromatic heterocycles. The lowest BCUT2D eigenvalue weighted by atomic mass is 9.95. The summed E-state index contributed by atoms with van der Waals surface area (Å²) >= 11 is 11.2. The number of fused-ring (bicyclic) bond motifs is 1. The van der Waals surface area contributed by atoms with Gasteiger partial charge in [-0.05, 0) is 58.7 Å². The van der Waals surface area contributed by atoms with Crippen molar-refractivity contribution >= 4 is 57.0 Å². The number of nitrogens with zero attached hydrogens (tertiary/aromatic N) is 2. The van der Waals surface area contributed by atoms with Gasteiger partial charge < -0.3 is 0 Å². The van der Waals surface area contributed by atoms with Gasteiger partial charge in [-0.2, -0.15) is 8.75 Å². The Kier molecular flexibility index (Phi) is 14.4. The summed E-state index contributed by atoms with van der Waals surface area (Å²) in [6.45, 7) is 9.21. The van der Waals surface area contributed by atoms with Crippen molar-refractivity contribution in [2.45, 2.75) is 130 Å². The van der Waals surface area contributed by atoms with Crippen LogP contribution in [0.15, 0.2) is 22.9 Å². The third-order valence-corrected chi connectivity index (χ3v) is 11.5. The lowest BCUT2D eigenvalue weighted by Gasteiger charge is -2.11. The molecule has 0 amide bonds. The number of aromatic nitrogens is 2. The maximum Gasteiger partial charge on any atom is 0.153 e. The summed E-state index contributed by atoms with van der Waals surface area (Å²) < 4.78 is 25.3. The number of benzene rings is 1. The summed E-state index contributed by atoms with van der Waals surface area (Å²) in [4.78, 5) is 1.87. The van der Waals surface area contributed by atoms with Crippen molar-refractivity contribution in [1.29, 1.82) is 0 Å². The minimum atomic E-state index is -0.378. The number of hydrogen-bond donors (Lipinski definition) is 0. The highest BCUT2D eigenvalue weighted by Crippen LogP contribution is 2.46.